The summed E-state index contributed by atoms with van der Waals surface area (Å²) < 4.78 is 34.1. The van der Waals surface area contributed by atoms with Crippen molar-refractivity contribution in [3.63, 3.8) is 0 Å². The fourth-order valence-corrected chi connectivity index (χ4v) is 1.05. The summed E-state index contributed by atoms with van der Waals surface area (Å²) in [7, 11) is -5.17. The Labute approximate surface area is 149 Å². The van der Waals surface area contributed by atoms with Gasteiger partial charge in [0, 0.05) is 22.6 Å². The molecule has 0 heterocycles. The van der Waals surface area contributed by atoms with Crippen LogP contribution < -0.4 is 22.1 Å². The molecule has 0 saturated carbocycles. The normalized spacial score (nSPS) is 9.28. The molecule has 8 N–H and O–H groups in total. The highest BCUT2D eigenvalue weighted by molar-refractivity contribution is 7.79. The van der Waals surface area contributed by atoms with E-state index in [0.29, 0.717) is 13.1 Å². The Bertz CT molecular complexity index is 494. The van der Waals surface area contributed by atoms with E-state index in [9.17, 15) is 9.59 Å². The molecule has 0 aliphatic rings. The SMILES string of the molecule is CC(C)=CC(=O)NCC[NH3+].CC(C)=CC(=O)NCC[NH3+].O=S(=O)([O-])[O-]. The number of hydrogen-bond acceptors (Lipinski definition) is 6. The maximum absolute atomic E-state index is 10.8. The molecule has 0 fully saturated rings. The van der Waals surface area contributed by atoms with Gasteiger partial charge in [0.25, 0.3) is 0 Å². The van der Waals surface area contributed by atoms with E-state index in [-0.39, 0.29) is 11.8 Å². The van der Waals surface area contributed by atoms with Gasteiger partial charge in [-0.1, -0.05) is 11.1 Å². The van der Waals surface area contributed by atoms with Crippen molar-refractivity contribution >= 4 is 22.2 Å². The summed E-state index contributed by atoms with van der Waals surface area (Å²) in [4.78, 5) is 21.6. The molecule has 0 aromatic rings. The number of carbonyl (C=O) groups is 2. The summed E-state index contributed by atoms with van der Waals surface area (Å²) in [5, 5.41) is 5.37. The monoisotopic (exact) mass is 382 g/mol. The lowest BCUT2D eigenvalue weighted by Crippen LogP contribution is -2.54. The van der Waals surface area contributed by atoms with E-state index < -0.39 is 10.4 Å². The van der Waals surface area contributed by atoms with Crippen LogP contribution in [-0.4, -0.2) is 55.5 Å². The van der Waals surface area contributed by atoms with Gasteiger partial charge in [-0.25, -0.2) is 0 Å². The summed E-state index contributed by atoms with van der Waals surface area (Å²) in [5.41, 5.74) is 9.23. The molecule has 0 rings (SSSR count). The van der Waals surface area contributed by atoms with E-state index in [2.05, 4.69) is 22.1 Å². The molecule has 11 heteroatoms. The van der Waals surface area contributed by atoms with Gasteiger partial charge < -0.3 is 31.2 Å². The van der Waals surface area contributed by atoms with Crippen LogP contribution in [0.25, 0.3) is 0 Å². The highest BCUT2D eigenvalue weighted by Crippen LogP contribution is 1.86. The molecule has 25 heavy (non-hydrogen) atoms. The molecule has 0 aliphatic carbocycles. The Hall–Kier alpha value is -1.79. The largest absolute Gasteiger partial charge is 0.759 e. The highest BCUT2D eigenvalue weighted by atomic mass is 32.3. The summed E-state index contributed by atoms with van der Waals surface area (Å²) in [6, 6.07) is 0. The molecule has 0 spiro atoms. The van der Waals surface area contributed by atoms with Gasteiger partial charge in [0.15, 0.2) is 0 Å². The zero-order chi connectivity index (χ0) is 20.5. The number of carbonyl (C=O) groups excluding carboxylic acids is 2. The molecule has 0 unspecified atom stereocenters. The Morgan fingerprint density at radius 2 is 1.08 bits per heavy atom. The molecule has 0 saturated heterocycles. The van der Waals surface area contributed by atoms with Crippen LogP contribution in [0.1, 0.15) is 27.7 Å². The topological polar surface area (TPSA) is 194 Å². The second-order valence-electron chi connectivity index (χ2n) is 5.14. The van der Waals surface area contributed by atoms with Crippen LogP contribution in [0.3, 0.4) is 0 Å². The number of allylic oxidation sites excluding steroid dienone is 2. The predicted octanol–water partition coefficient (Wildman–Crippen LogP) is -2.72. The zero-order valence-corrected chi connectivity index (χ0v) is 16.1. The van der Waals surface area contributed by atoms with Gasteiger partial charge in [0.2, 0.25) is 11.8 Å². The third kappa shape index (κ3) is 44.9. The second kappa shape index (κ2) is 17.0. The first-order chi connectivity index (χ1) is 11.3. The van der Waals surface area contributed by atoms with Gasteiger partial charge >= 0.3 is 0 Å². The molecule has 0 aromatic carbocycles. The van der Waals surface area contributed by atoms with Gasteiger partial charge in [-0.3, -0.25) is 18.0 Å². The lowest BCUT2D eigenvalue weighted by atomic mass is 10.3. The van der Waals surface area contributed by atoms with Crippen LogP contribution in [-0.2, 0) is 20.0 Å². The van der Waals surface area contributed by atoms with E-state index >= 15 is 0 Å². The summed E-state index contributed by atoms with van der Waals surface area (Å²) in [6.45, 7) is 10.4. The van der Waals surface area contributed by atoms with Crippen LogP contribution in [0.4, 0.5) is 0 Å². The van der Waals surface area contributed by atoms with Crippen molar-refractivity contribution in [2.45, 2.75) is 27.7 Å². The molecular weight excluding hydrogens is 352 g/mol. The Balaban J connectivity index is -0.000000308. The molecule has 0 bridgehead atoms. The standard InChI is InChI=1S/2C7H14N2O.H2O4S/c2*1-6(2)5-7(10)9-4-3-8;1-5(2,3)4/h2*5H,3-4,8H2,1-2H3,(H,9,10);(H2,1,2,3,4). The van der Waals surface area contributed by atoms with Crippen molar-refractivity contribution in [3.05, 3.63) is 23.3 Å². The molecule has 0 radical (unpaired) electrons. The van der Waals surface area contributed by atoms with Crippen LogP contribution in [0, 0.1) is 0 Å². The van der Waals surface area contributed by atoms with E-state index in [1.165, 1.54) is 0 Å². The third-order valence-electron chi connectivity index (χ3n) is 1.79. The summed E-state index contributed by atoms with van der Waals surface area (Å²) in [5.74, 6) is -0.0488. The minimum Gasteiger partial charge on any atom is -0.759 e. The number of amides is 2. The lowest BCUT2D eigenvalue weighted by molar-refractivity contribution is -0.365. The minimum absolute atomic E-state index is 0.0244. The van der Waals surface area contributed by atoms with E-state index in [1.54, 1.807) is 12.2 Å². The first-order valence-electron chi connectivity index (χ1n) is 7.44. The number of nitrogens with one attached hydrogen (secondary N) is 2. The summed E-state index contributed by atoms with van der Waals surface area (Å²) >= 11 is 0. The van der Waals surface area contributed by atoms with Crippen LogP contribution in [0.5, 0.6) is 0 Å². The Morgan fingerprint density at radius 1 is 0.840 bits per heavy atom. The van der Waals surface area contributed by atoms with Gasteiger partial charge in [-0.2, -0.15) is 0 Å². The second-order valence-corrected chi connectivity index (χ2v) is 5.96. The van der Waals surface area contributed by atoms with E-state index in [0.717, 1.165) is 24.2 Å². The van der Waals surface area contributed by atoms with Crippen LogP contribution in [0.15, 0.2) is 23.3 Å². The molecule has 148 valence electrons. The molecule has 2 amide bonds. The van der Waals surface area contributed by atoms with Gasteiger partial charge in [0.1, 0.15) is 0 Å². The maximum atomic E-state index is 10.8. The average molecular weight is 382 g/mol. The molecule has 10 nitrogen and oxygen atoms in total. The molecular formula is C14H30N4O6S. The van der Waals surface area contributed by atoms with Crippen LogP contribution in [0.2, 0.25) is 0 Å². The Morgan fingerprint density at radius 3 is 1.24 bits per heavy atom. The van der Waals surface area contributed by atoms with Crippen molar-refractivity contribution in [2.24, 2.45) is 0 Å². The number of rotatable bonds is 6. The average Bonchev–Trinajstić information content (AvgIpc) is 2.40. The van der Waals surface area contributed by atoms with Crippen molar-refractivity contribution in [1.82, 2.24) is 10.6 Å². The van der Waals surface area contributed by atoms with Gasteiger partial charge in [-0.15, -0.1) is 0 Å². The quantitative estimate of drug-likeness (QED) is 0.219. The highest BCUT2D eigenvalue weighted by Gasteiger charge is 1.93. The third-order valence-corrected chi connectivity index (χ3v) is 1.79. The van der Waals surface area contributed by atoms with Crippen molar-refractivity contribution < 1.29 is 38.6 Å². The molecule has 0 atom stereocenters. The fraction of sp³-hybridized carbons (Fsp3) is 0.571. The lowest BCUT2D eigenvalue weighted by Gasteiger charge is -2.06. The summed E-state index contributed by atoms with van der Waals surface area (Å²) in [6.07, 6.45) is 3.16. The smallest absolute Gasteiger partial charge is 0.244 e. The fourth-order valence-electron chi connectivity index (χ4n) is 1.05. The molecule has 0 aromatic heterocycles. The van der Waals surface area contributed by atoms with E-state index in [1.807, 2.05) is 27.7 Å². The Kier molecular flexibility index (Phi) is 19.1. The first kappa shape index (κ1) is 28.0. The van der Waals surface area contributed by atoms with Crippen molar-refractivity contribution in [1.29, 1.82) is 0 Å². The van der Waals surface area contributed by atoms with Crippen molar-refractivity contribution in [3.8, 4) is 0 Å². The van der Waals surface area contributed by atoms with Gasteiger partial charge in [0.05, 0.1) is 26.2 Å². The zero-order valence-electron chi connectivity index (χ0n) is 15.3. The van der Waals surface area contributed by atoms with Gasteiger partial charge in [-0.05, 0) is 27.7 Å². The van der Waals surface area contributed by atoms with Crippen LogP contribution >= 0.6 is 0 Å². The minimum atomic E-state index is -5.17. The predicted molar refractivity (Wildman–Crippen MR) is 90.9 cm³/mol. The van der Waals surface area contributed by atoms with Crippen molar-refractivity contribution in [2.75, 3.05) is 26.2 Å². The molecule has 0 aliphatic heterocycles. The first-order valence-corrected chi connectivity index (χ1v) is 8.77. The number of hydrogen-bond donors (Lipinski definition) is 4. The number of quaternary nitrogens is 2. The van der Waals surface area contributed by atoms with E-state index in [4.69, 9.17) is 17.5 Å². The maximum Gasteiger partial charge on any atom is 0.244 e.